The zero-order valence-electron chi connectivity index (χ0n) is 23.5. The maximum Gasteiger partial charge on any atom is 0.407 e. The molecule has 0 aliphatic carbocycles. The van der Waals surface area contributed by atoms with E-state index in [0.717, 1.165) is 39.3 Å². The number of carbonyl (C=O) groups excluding carboxylic acids is 1. The number of rotatable bonds is 9. The maximum atomic E-state index is 12.0. The molecule has 2 aromatic heterocycles. The fourth-order valence-electron chi connectivity index (χ4n) is 3.99. The van der Waals surface area contributed by atoms with Crippen LogP contribution in [0, 0.1) is 12.8 Å². The quantitative estimate of drug-likeness (QED) is 0.235. The number of aromatic nitrogens is 3. The summed E-state index contributed by atoms with van der Waals surface area (Å²) in [7, 11) is 0. The van der Waals surface area contributed by atoms with Crippen molar-refractivity contribution in [3.8, 4) is 11.5 Å². The number of ether oxygens (including phenoxy) is 2. The molecule has 204 valence electrons. The van der Waals surface area contributed by atoms with Gasteiger partial charge in [-0.25, -0.2) is 14.8 Å². The lowest BCUT2D eigenvalue weighted by Crippen LogP contribution is -2.34. The van der Waals surface area contributed by atoms with E-state index >= 15 is 0 Å². The molecule has 4 aromatic rings. The van der Waals surface area contributed by atoms with E-state index in [9.17, 15) is 4.79 Å². The van der Waals surface area contributed by atoms with Gasteiger partial charge in [-0.1, -0.05) is 38.1 Å². The summed E-state index contributed by atoms with van der Waals surface area (Å²) in [5.41, 5.74) is 4.11. The Morgan fingerprint density at radius 2 is 1.92 bits per heavy atom. The van der Waals surface area contributed by atoms with Crippen molar-refractivity contribution in [2.24, 2.45) is 5.92 Å². The van der Waals surface area contributed by atoms with Gasteiger partial charge >= 0.3 is 6.09 Å². The van der Waals surface area contributed by atoms with Crippen LogP contribution in [-0.4, -0.2) is 32.8 Å². The topological polar surface area (TPSA) is 90.3 Å². The Morgan fingerprint density at radius 3 is 2.67 bits per heavy atom. The van der Waals surface area contributed by atoms with Crippen molar-refractivity contribution < 1.29 is 14.3 Å². The van der Waals surface area contributed by atoms with Gasteiger partial charge in [0.15, 0.2) is 5.82 Å². The Kier molecular flexibility index (Phi) is 8.54. The monoisotopic (exact) mass is 527 g/mol. The number of alkyl carbamates (subject to hydrolysis) is 1. The molecular formula is C31H37N5O3. The summed E-state index contributed by atoms with van der Waals surface area (Å²) in [5.74, 6) is 2.75. The van der Waals surface area contributed by atoms with E-state index in [1.165, 1.54) is 0 Å². The summed E-state index contributed by atoms with van der Waals surface area (Å²) >= 11 is 0. The molecule has 0 fully saturated rings. The van der Waals surface area contributed by atoms with Gasteiger partial charge in [0.1, 0.15) is 28.9 Å². The molecule has 2 aromatic carbocycles. The molecule has 0 unspecified atom stereocenters. The summed E-state index contributed by atoms with van der Waals surface area (Å²) in [6.07, 6.45) is 7.32. The second-order valence-electron chi connectivity index (χ2n) is 10.8. The largest absolute Gasteiger partial charge is 0.457 e. The first kappa shape index (κ1) is 27.7. The maximum absolute atomic E-state index is 12.0. The van der Waals surface area contributed by atoms with Crippen molar-refractivity contribution in [1.82, 2.24) is 19.9 Å². The van der Waals surface area contributed by atoms with Gasteiger partial charge in [-0.3, -0.25) is 0 Å². The molecule has 0 atom stereocenters. The molecule has 39 heavy (non-hydrogen) atoms. The average molecular weight is 528 g/mol. The number of aryl methyl sites for hydroxylation is 1. The number of allylic oxidation sites excluding steroid dienone is 1. The normalized spacial score (nSPS) is 11.8. The molecule has 8 nitrogen and oxygen atoms in total. The molecule has 0 aliphatic heterocycles. The fourth-order valence-corrected chi connectivity index (χ4v) is 3.99. The van der Waals surface area contributed by atoms with Crippen LogP contribution in [0.2, 0.25) is 0 Å². The molecule has 0 saturated heterocycles. The minimum Gasteiger partial charge on any atom is -0.457 e. The van der Waals surface area contributed by atoms with Gasteiger partial charge in [-0.2, -0.15) is 0 Å². The Balaban J connectivity index is 1.46. The van der Waals surface area contributed by atoms with E-state index in [-0.39, 0.29) is 0 Å². The Labute approximate surface area is 230 Å². The molecule has 0 bridgehead atoms. The molecule has 1 amide bonds. The van der Waals surface area contributed by atoms with E-state index in [2.05, 4.69) is 52.7 Å². The number of anilines is 2. The highest BCUT2D eigenvalue weighted by Crippen LogP contribution is 2.30. The van der Waals surface area contributed by atoms with Crippen LogP contribution in [0.3, 0.4) is 0 Å². The second kappa shape index (κ2) is 12.0. The van der Waals surface area contributed by atoms with Crippen LogP contribution >= 0.6 is 0 Å². The zero-order valence-corrected chi connectivity index (χ0v) is 23.5. The predicted octanol–water partition coefficient (Wildman–Crippen LogP) is 7.47. The highest BCUT2D eigenvalue weighted by Gasteiger charge is 2.16. The molecule has 0 radical (unpaired) electrons. The third-order valence-electron chi connectivity index (χ3n) is 5.77. The standard InChI is InChI=1S/C31H37N5O3/c1-21(2)10-11-23-8-7-9-25(19-23)38-27-13-12-24(18-22(27)3)35-29-28-26(33-20-34-29)14-16-36(28)17-15-32-30(37)39-31(4,5)6/h7-14,16,18-21H,15,17H2,1-6H3,(H,32,37)(H,33,34,35)/b11-10+. The molecule has 2 N–H and O–H groups in total. The third kappa shape index (κ3) is 7.83. The van der Waals surface area contributed by atoms with E-state index in [1.54, 1.807) is 6.33 Å². The van der Waals surface area contributed by atoms with Gasteiger partial charge in [-0.15, -0.1) is 0 Å². The minimum atomic E-state index is -0.539. The fraction of sp³-hybridized carbons (Fsp3) is 0.323. The highest BCUT2D eigenvalue weighted by molar-refractivity contribution is 5.88. The van der Waals surface area contributed by atoms with Crippen molar-refractivity contribution in [2.75, 3.05) is 11.9 Å². The zero-order chi connectivity index (χ0) is 28.0. The van der Waals surface area contributed by atoms with E-state index in [0.29, 0.717) is 24.8 Å². The van der Waals surface area contributed by atoms with E-state index in [4.69, 9.17) is 9.47 Å². The molecule has 0 spiro atoms. The number of carbonyl (C=O) groups is 1. The Hall–Kier alpha value is -4.33. The average Bonchev–Trinajstić information content (AvgIpc) is 3.28. The van der Waals surface area contributed by atoms with Crippen molar-refractivity contribution in [1.29, 1.82) is 0 Å². The van der Waals surface area contributed by atoms with Crippen molar-refractivity contribution >= 4 is 34.7 Å². The van der Waals surface area contributed by atoms with Crippen LogP contribution in [0.15, 0.2) is 67.1 Å². The van der Waals surface area contributed by atoms with E-state index < -0.39 is 11.7 Å². The summed E-state index contributed by atoms with van der Waals surface area (Å²) in [5, 5.41) is 6.22. The summed E-state index contributed by atoms with van der Waals surface area (Å²) in [6, 6.07) is 15.9. The SMILES string of the molecule is Cc1cc(Nc2ncnc3ccn(CCNC(=O)OC(C)(C)C)c23)ccc1Oc1cccc(/C=C/C(C)C)c1. The lowest BCUT2D eigenvalue weighted by Gasteiger charge is -2.19. The number of nitrogens with one attached hydrogen (secondary N) is 2. The minimum absolute atomic E-state index is 0.409. The van der Waals surface area contributed by atoms with Crippen LogP contribution in [0.5, 0.6) is 11.5 Å². The molecule has 0 saturated carbocycles. The van der Waals surface area contributed by atoms with Crippen LogP contribution in [-0.2, 0) is 11.3 Å². The van der Waals surface area contributed by atoms with Gasteiger partial charge in [0.25, 0.3) is 0 Å². The number of amides is 1. The van der Waals surface area contributed by atoms with Gasteiger partial charge in [0, 0.05) is 25.0 Å². The number of hydrogen-bond donors (Lipinski definition) is 2. The first-order chi connectivity index (χ1) is 18.6. The van der Waals surface area contributed by atoms with Crippen molar-refractivity contribution in [2.45, 2.75) is 53.7 Å². The number of benzene rings is 2. The van der Waals surface area contributed by atoms with Gasteiger partial charge < -0.3 is 24.7 Å². The van der Waals surface area contributed by atoms with Crippen LogP contribution in [0.1, 0.15) is 45.7 Å². The second-order valence-corrected chi connectivity index (χ2v) is 10.8. The third-order valence-corrected chi connectivity index (χ3v) is 5.77. The molecular weight excluding hydrogens is 490 g/mol. The van der Waals surface area contributed by atoms with Crippen LogP contribution in [0.4, 0.5) is 16.3 Å². The van der Waals surface area contributed by atoms with Gasteiger partial charge in [0.2, 0.25) is 0 Å². The Morgan fingerprint density at radius 1 is 1.10 bits per heavy atom. The van der Waals surface area contributed by atoms with Crippen molar-refractivity contribution in [3.05, 3.63) is 78.3 Å². The lowest BCUT2D eigenvalue weighted by molar-refractivity contribution is 0.0526. The van der Waals surface area contributed by atoms with E-state index in [1.807, 2.05) is 80.9 Å². The number of nitrogens with zero attached hydrogens (tertiary/aromatic N) is 3. The first-order valence-electron chi connectivity index (χ1n) is 13.2. The van der Waals surface area contributed by atoms with Crippen molar-refractivity contribution in [3.63, 3.8) is 0 Å². The smallest absolute Gasteiger partial charge is 0.407 e. The highest BCUT2D eigenvalue weighted by atomic mass is 16.6. The summed E-state index contributed by atoms with van der Waals surface area (Å²) in [4.78, 5) is 20.9. The Bertz CT molecular complexity index is 1470. The van der Waals surface area contributed by atoms with Crippen LogP contribution < -0.4 is 15.4 Å². The number of fused-ring (bicyclic) bond motifs is 1. The van der Waals surface area contributed by atoms with Gasteiger partial charge in [0.05, 0.1) is 5.52 Å². The predicted molar refractivity (Wildman–Crippen MR) is 157 cm³/mol. The van der Waals surface area contributed by atoms with Gasteiger partial charge in [-0.05, 0) is 81.1 Å². The van der Waals surface area contributed by atoms with Crippen LogP contribution in [0.25, 0.3) is 17.1 Å². The molecule has 8 heteroatoms. The summed E-state index contributed by atoms with van der Waals surface area (Å²) < 4.78 is 13.5. The molecule has 2 heterocycles. The molecule has 0 aliphatic rings. The number of hydrogen-bond acceptors (Lipinski definition) is 6. The molecule has 4 rings (SSSR count). The lowest BCUT2D eigenvalue weighted by atomic mass is 10.1. The summed E-state index contributed by atoms with van der Waals surface area (Å²) in [6.45, 7) is 12.8. The first-order valence-corrected chi connectivity index (χ1v) is 13.2.